The maximum Gasteiger partial charge on any atom is 0.203 e. The topological polar surface area (TPSA) is 29.9 Å². The lowest BCUT2D eigenvalue weighted by Gasteiger charge is -2.21. The van der Waals surface area contributed by atoms with Crippen molar-refractivity contribution in [2.45, 2.75) is 39.7 Å². The first kappa shape index (κ1) is 10.5. The van der Waals surface area contributed by atoms with Crippen LogP contribution in [0.3, 0.4) is 0 Å². The number of aromatic nitrogens is 2. The molecule has 1 aromatic rings. The Morgan fingerprint density at radius 3 is 2.87 bits per heavy atom. The maximum atomic E-state index is 4.36. The molecule has 0 saturated heterocycles. The molecular weight excluding hydrogens is 186 g/mol. The lowest BCUT2D eigenvalue weighted by Crippen LogP contribution is -2.16. The molecule has 1 aliphatic carbocycles. The van der Waals surface area contributed by atoms with E-state index in [1.54, 1.807) is 0 Å². The summed E-state index contributed by atoms with van der Waals surface area (Å²) in [6.07, 6.45) is 6.64. The quantitative estimate of drug-likeness (QED) is 0.826. The fraction of sp³-hybridized carbons (Fsp3) is 0.750. The van der Waals surface area contributed by atoms with Gasteiger partial charge in [0.25, 0.3) is 0 Å². The number of anilines is 1. The van der Waals surface area contributed by atoms with Gasteiger partial charge in [0.1, 0.15) is 0 Å². The standard InChI is InChI=1S/C12H21N3/c1-4-13-12-14-7-8-15(12)11-6-5-9(2)10(11)3/h7-11H,4-6H2,1-3H3,(H,13,14). The van der Waals surface area contributed by atoms with E-state index in [2.05, 4.69) is 41.8 Å². The van der Waals surface area contributed by atoms with E-state index >= 15 is 0 Å². The molecule has 3 atom stereocenters. The Balaban J connectivity index is 2.18. The van der Waals surface area contributed by atoms with Crippen molar-refractivity contribution in [1.82, 2.24) is 9.55 Å². The SMILES string of the molecule is CCNc1nccn1C1CCC(C)C1C. The van der Waals surface area contributed by atoms with Gasteiger partial charge in [0, 0.05) is 25.0 Å². The lowest BCUT2D eigenvalue weighted by molar-refractivity contribution is 0.355. The van der Waals surface area contributed by atoms with Gasteiger partial charge in [0.05, 0.1) is 0 Å². The van der Waals surface area contributed by atoms with E-state index in [0.717, 1.165) is 24.3 Å². The molecule has 1 heterocycles. The summed E-state index contributed by atoms with van der Waals surface area (Å²) in [5, 5.41) is 3.32. The predicted molar refractivity (Wildman–Crippen MR) is 63.0 cm³/mol. The van der Waals surface area contributed by atoms with E-state index in [4.69, 9.17) is 0 Å². The number of imidazole rings is 1. The lowest BCUT2D eigenvalue weighted by atomic mass is 9.98. The Morgan fingerprint density at radius 2 is 2.27 bits per heavy atom. The average molecular weight is 207 g/mol. The Labute approximate surface area is 91.9 Å². The number of nitrogens with one attached hydrogen (secondary N) is 1. The zero-order valence-corrected chi connectivity index (χ0v) is 9.90. The molecule has 2 rings (SSSR count). The van der Waals surface area contributed by atoms with Gasteiger partial charge in [-0.15, -0.1) is 0 Å². The van der Waals surface area contributed by atoms with Crippen molar-refractivity contribution in [2.75, 3.05) is 11.9 Å². The number of nitrogens with zero attached hydrogens (tertiary/aromatic N) is 2. The van der Waals surface area contributed by atoms with E-state index in [1.165, 1.54) is 12.8 Å². The summed E-state index contributed by atoms with van der Waals surface area (Å²) >= 11 is 0. The van der Waals surface area contributed by atoms with Gasteiger partial charge in [-0.05, 0) is 31.6 Å². The van der Waals surface area contributed by atoms with Crippen LogP contribution in [0.4, 0.5) is 5.95 Å². The Bertz CT molecular complexity index is 318. The first-order valence-electron chi connectivity index (χ1n) is 6.00. The summed E-state index contributed by atoms with van der Waals surface area (Å²) in [5.41, 5.74) is 0. The third-order valence-corrected chi connectivity index (χ3v) is 3.78. The molecule has 84 valence electrons. The molecule has 0 aromatic carbocycles. The minimum absolute atomic E-state index is 0.636. The van der Waals surface area contributed by atoms with Crippen molar-refractivity contribution >= 4 is 5.95 Å². The minimum Gasteiger partial charge on any atom is -0.356 e. The molecule has 1 fully saturated rings. The van der Waals surface area contributed by atoms with Crippen molar-refractivity contribution in [3.05, 3.63) is 12.4 Å². The van der Waals surface area contributed by atoms with Crippen molar-refractivity contribution in [3.63, 3.8) is 0 Å². The highest BCUT2D eigenvalue weighted by atomic mass is 15.2. The van der Waals surface area contributed by atoms with Crippen LogP contribution in [0.2, 0.25) is 0 Å². The van der Waals surface area contributed by atoms with Gasteiger partial charge >= 0.3 is 0 Å². The van der Waals surface area contributed by atoms with E-state index in [-0.39, 0.29) is 0 Å². The number of rotatable bonds is 3. The number of hydrogen-bond acceptors (Lipinski definition) is 2. The first-order chi connectivity index (χ1) is 7.24. The summed E-state index contributed by atoms with van der Waals surface area (Å²) in [7, 11) is 0. The van der Waals surface area contributed by atoms with Gasteiger partial charge < -0.3 is 9.88 Å². The predicted octanol–water partition coefficient (Wildman–Crippen LogP) is 2.92. The summed E-state index contributed by atoms with van der Waals surface area (Å²) in [6.45, 7) is 7.76. The molecule has 1 saturated carbocycles. The molecule has 1 aliphatic rings. The molecule has 3 unspecified atom stereocenters. The van der Waals surface area contributed by atoms with E-state index in [0.29, 0.717) is 6.04 Å². The maximum absolute atomic E-state index is 4.36. The monoisotopic (exact) mass is 207 g/mol. The van der Waals surface area contributed by atoms with Crippen LogP contribution < -0.4 is 5.32 Å². The molecule has 3 nitrogen and oxygen atoms in total. The van der Waals surface area contributed by atoms with Crippen LogP contribution in [-0.2, 0) is 0 Å². The molecule has 0 radical (unpaired) electrons. The fourth-order valence-corrected chi connectivity index (χ4v) is 2.61. The molecule has 0 aliphatic heterocycles. The van der Waals surface area contributed by atoms with Gasteiger partial charge in [0.15, 0.2) is 0 Å². The van der Waals surface area contributed by atoms with Crippen LogP contribution in [0, 0.1) is 11.8 Å². The van der Waals surface area contributed by atoms with Gasteiger partial charge in [-0.1, -0.05) is 13.8 Å². The molecule has 3 heteroatoms. The molecule has 0 spiro atoms. The molecule has 1 aromatic heterocycles. The van der Waals surface area contributed by atoms with E-state index in [9.17, 15) is 0 Å². The molecule has 1 N–H and O–H groups in total. The fourth-order valence-electron chi connectivity index (χ4n) is 2.61. The highest BCUT2D eigenvalue weighted by molar-refractivity contribution is 5.26. The van der Waals surface area contributed by atoms with Crippen LogP contribution in [0.5, 0.6) is 0 Å². The normalized spacial score (nSPS) is 30.7. The minimum atomic E-state index is 0.636. The van der Waals surface area contributed by atoms with Gasteiger partial charge in [-0.2, -0.15) is 0 Å². The van der Waals surface area contributed by atoms with Crippen LogP contribution in [0.25, 0.3) is 0 Å². The van der Waals surface area contributed by atoms with Crippen LogP contribution >= 0.6 is 0 Å². The summed E-state index contributed by atoms with van der Waals surface area (Å²) < 4.78 is 2.32. The van der Waals surface area contributed by atoms with E-state index < -0.39 is 0 Å². The van der Waals surface area contributed by atoms with Gasteiger partial charge in [-0.3, -0.25) is 0 Å². The second kappa shape index (κ2) is 4.25. The summed E-state index contributed by atoms with van der Waals surface area (Å²) in [5.74, 6) is 2.63. The molecular formula is C12H21N3. The second-order valence-corrected chi connectivity index (χ2v) is 4.67. The molecule has 15 heavy (non-hydrogen) atoms. The van der Waals surface area contributed by atoms with E-state index in [1.807, 2.05) is 6.20 Å². The summed E-state index contributed by atoms with van der Waals surface area (Å²) in [6, 6.07) is 0.636. The second-order valence-electron chi connectivity index (χ2n) is 4.67. The van der Waals surface area contributed by atoms with Crippen LogP contribution in [0.1, 0.15) is 39.7 Å². The van der Waals surface area contributed by atoms with Crippen molar-refractivity contribution < 1.29 is 0 Å². The van der Waals surface area contributed by atoms with Crippen molar-refractivity contribution in [1.29, 1.82) is 0 Å². The summed E-state index contributed by atoms with van der Waals surface area (Å²) in [4.78, 5) is 4.36. The smallest absolute Gasteiger partial charge is 0.203 e. The highest BCUT2D eigenvalue weighted by Gasteiger charge is 2.31. The Hall–Kier alpha value is -0.990. The molecule has 0 bridgehead atoms. The Morgan fingerprint density at radius 1 is 1.47 bits per heavy atom. The van der Waals surface area contributed by atoms with Gasteiger partial charge in [-0.25, -0.2) is 4.98 Å². The highest BCUT2D eigenvalue weighted by Crippen LogP contribution is 2.40. The van der Waals surface area contributed by atoms with Crippen LogP contribution in [0.15, 0.2) is 12.4 Å². The third kappa shape index (κ3) is 1.87. The third-order valence-electron chi connectivity index (χ3n) is 3.78. The zero-order chi connectivity index (χ0) is 10.8. The average Bonchev–Trinajstić information content (AvgIpc) is 2.77. The zero-order valence-electron chi connectivity index (χ0n) is 9.90. The largest absolute Gasteiger partial charge is 0.356 e. The van der Waals surface area contributed by atoms with Gasteiger partial charge in [0.2, 0.25) is 5.95 Å². The first-order valence-corrected chi connectivity index (χ1v) is 6.00. The number of hydrogen-bond donors (Lipinski definition) is 1. The molecule has 0 amide bonds. The Kier molecular flexibility index (Phi) is 2.98. The van der Waals surface area contributed by atoms with Crippen LogP contribution in [-0.4, -0.2) is 16.1 Å². The van der Waals surface area contributed by atoms with Crippen molar-refractivity contribution in [2.24, 2.45) is 11.8 Å². The van der Waals surface area contributed by atoms with Crippen molar-refractivity contribution in [3.8, 4) is 0 Å².